The molecule has 0 atom stereocenters. The molecule has 9 nitrogen and oxygen atoms in total. The summed E-state index contributed by atoms with van der Waals surface area (Å²) in [6.07, 6.45) is 6.88. The molecule has 0 unspecified atom stereocenters. The molecule has 48 heavy (non-hydrogen) atoms. The topological polar surface area (TPSA) is 125 Å². The monoisotopic (exact) mass is 668 g/mol. The van der Waals surface area contributed by atoms with E-state index in [0.29, 0.717) is 40.8 Å². The van der Waals surface area contributed by atoms with E-state index in [4.69, 9.17) is 31.0 Å². The maximum Gasteiger partial charge on any atom is 0.290 e. The zero-order valence-electron chi connectivity index (χ0n) is 27.6. The van der Waals surface area contributed by atoms with Gasteiger partial charge < -0.3 is 19.9 Å². The standard InChI is InChI=1S/C37H39ClN4O3.CH2O2/c1-4-41-37(43)33-13-9-12-32(26(33)3)31-11-8-10-29(25(31)2)24-45-36-18-35(44-23-28-16-27(19-39)20-40-21-28)30(17-34(36)38)22-42-14-6-5-7-15-42;2-1-3/h8-13,16-18,20-21H,4-7,14-15,22-24H2,1-3H3,(H,41,43);1H,(H,2,3). The Labute approximate surface area is 287 Å². The average Bonchev–Trinajstić information content (AvgIpc) is 3.09. The number of carboxylic acid groups (broad SMARTS) is 1. The van der Waals surface area contributed by atoms with Gasteiger partial charge in [0, 0.05) is 48.2 Å². The lowest BCUT2D eigenvalue weighted by Crippen LogP contribution is -2.29. The van der Waals surface area contributed by atoms with Crippen molar-refractivity contribution < 1.29 is 24.2 Å². The van der Waals surface area contributed by atoms with Crippen LogP contribution in [-0.2, 0) is 24.6 Å². The first kappa shape index (κ1) is 35.9. The van der Waals surface area contributed by atoms with Gasteiger partial charge in [-0.25, -0.2) is 0 Å². The summed E-state index contributed by atoms with van der Waals surface area (Å²) in [7, 11) is 0. The number of halogens is 1. The first-order chi connectivity index (χ1) is 23.3. The molecule has 0 bridgehead atoms. The highest BCUT2D eigenvalue weighted by atomic mass is 35.5. The van der Waals surface area contributed by atoms with E-state index in [-0.39, 0.29) is 19.0 Å². The van der Waals surface area contributed by atoms with Gasteiger partial charge in [0.15, 0.2) is 0 Å². The summed E-state index contributed by atoms with van der Waals surface area (Å²) in [5.74, 6) is 1.17. The molecule has 250 valence electrons. The molecule has 1 aliphatic heterocycles. The Morgan fingerprint density at radius 1 is 0.979 bits per heavy atom. The fourth-order valence-electron chi connectivity index (χ4n) is 5.81. The van der Waals surface area contributed by atoms with Crippen LogP contribution in [-0.4, -0.2) is 47.0 Å². The van der Waals surface area contributed by atoms with E-state index in [2.05, 4.69) is 40.3 Å². The number of carbonyl (C=O) groups is 2. The van der Waals surface area contributed by atoms with Gasteiger partial charge in [-0.1, -0.05) is 48.4 Å². The lowest BCUT2D eigenvalue weighted by atomic mass is 9.91. The third-order valence-electron chi connectivity index (χ3n) is 8.31. The van der Waals surface area contributed by atoms with Gasteiger partial charge in [0.05, 0.1) is 10.6 Å². The molecule has 2 heterocycles. The Kier molecular flexibility index (Phi) is 13.4. The molecule has 3 aromatic carbocycles. The van der Waals surface area contributed by atoms with Crippen molar-refractivity contribution in [3.63, 3.8) is 0 Å². The van der Waals surface area contributed by atoms with Crippen molar-refractivity contribution in [1.29, 1.82) is 5.26 Å². The van der Waals surface area contributed by atoms with Crippen molar-refractivity contribution >= 4 is 24.0 Å². The number of piperidine rings is 1. The Hall–Kier alpha value is -4.91. The third kappa shape index (κ3) is 9.34. The molecule has 1 aliphatic rings. The largest absolute Gasteiger partial charge is 0.488 e. The summed E-state index contributed by atoms with van der Waals surface area (Å²) in [4.78, 5) is 27.6. The van der Waals surface area contributed by atoms with Crippen LogP contribution >= 0.6 is 11.6 Å². The van der Waals surface area contributed by atoms with Crippen LogP contribution in [0.3, 0.4) is 0 Å². The molecule has 0 aliphatic carbocycles. The van der Waals surface area contributed by atoms with Gasteiger partial charge in [-0.2, -0.15) is 5.26 Å². The number of benzene rings is 3. The van der Waals surface area contributed by atoms with Crippen molar-refractivity contribution in [2.75, 3.05) is 19.6 Å². The SMILES string of the molecule is CCNC(=O)c1cccc(-c2cccc(COc3cc(OCc4cncc(C#N)c4)c(CN4CCCCC4)cc3Cl)c2C)c1C.O=CO. The van der Waals surface area contributed by atoms with E-state index in [0.717, 1.165) is 58.6 Å². The molecule has 0 spiro atoms. The number of nitrogens with zero attached hydrogens (tertiary/aromatic N) is 3. The van der Waals surface area contributed by atoms with Gasteiger partial charge in [0.25, 0.3) is 12.4 Å². The summed E-state index contributed by atoms with van der Waals surface area (Å²) in [6.45, 7) is 9.72. The zero-order chi connectivity index (χ0) is 34.5. The second-order valence-corrected chi connectivity index (χ2v) is 11.9. The van der Waals surface area contributed by atoms with Crippen LogP contribution in [0.25, 0.3) is 11.1 Å². The number of hydrogen-bond donors (Lipinski definition) is 2. The average molecular weight is 669 g/mol. The summed E-state index contributed by atoms with van der Waals surface area (Å²) < 4.78 is 12.7. The second kappa shape index (κ2) is 17.9. The molecule has 0 saturated carbocycles. The van der Waals surface area contributed by atoms with Crippen LogP contribution < -0.4 is 14.8 Å². The van der Waals surface area contributed by atoms with Crippen LogP contribution in [0.15, 0.2) is 67.0 Å². The lowest BCUT2D eigenvalue weighted by Gasteiger charge is -2.27. The molecule has 5 rings (SSSR count). The van der Waals surface area contributed by atoms with Crippen LogP contribution in [0, 0.1) is 25.2 Å². The highest BCUT2D eigenvalue weighted by molar-refractivity contribution is 6.32. The minimum Gasteiger partial charge on any atom is -0.488 e. The number of carbonyl (C=O) groups excluding carboxylic acids is 1. The maximum absolute atomic E-state index is 12.6. The Balaban J connectivity index is 0.00000167. The van der Waals surface area contributed by atoms with E-state index in [1.165, 1.54) is 25.5 Å². The van der Waals surface area contributed by atoms with Gasteiger partial charge in [-0.15, -0.1) is 0 Å². The fraction of sp³-hybridized carbons (Fsp3) is 0.316. The molecular formula is C38H41ClN4O5. The molecule has 1 amide bonds. The van der Waals surface area contributed by atoms with Gasteiger partial charge in [-0.3, -0.25) is 19.5 Å². The van der Waals surface area contributed by atoms with Crippen LogP contribution in [0.4, 0.5) is 0 Å². The van der Waals surface area contributed by atoms with Crippen LogP contribution in [0.2, 0.25) is 5.02 Å². The Morgan fingerprint density at radius 2 is 1.67 bits per heavy atom. The van der Waals surface area contributed by atoms with E-state index >= 15 is 0 Å². The van der Waals surface area contributed by atoms with Crippen LogP contribution in [0.5, 0.6) is 11.5 Å². The van der Waals surface area contributed by atoms with E-state index < -0.39 is 0 Å². The van der Waals surface area contributed by atoms with Crippen molar-refractivity contribution in [3.8, 4) is 28.7 Å². The smallest absolute Gasteiger partial charge is 0.290 e. The number of aromatic nitrogens is 1. The molecule has 2 N–H and O–H groups in total. The first-order valence-corrected chi connectivity index (χ1v) is 16.4. The summed E-state index contributed by atoms with van der Waals surface area (Å²) in [5.41, 5.74) is 8.09. The summed E-state index contributed by atoms with van der Waals surface area (Å²) in [6, 6.07) is 19.7. The maximum atomic E-state index is 12.6. The molecular weight excluding hydrogens is 628 g/mol. The number of ether oxygens (including phenoxy) is 2. The second-order valence-electron chi connectivity index (χ2n) is 11.5. The van der Waals surface area contributed by atoms with Gasteiger partial charge in [0.1, 0.15) is 30.8 Å². The first-order valence-electron chi connectivity index (χ1n) is 16.0. The Morgan fingerprint density at radius 3 is 2.38 bits per heavy atom. The zero-order valence-corrected chi connectivity index (χ0v) is 28.3. The van der Waals surface area contributed by atoms with Gasteiger partial charge >= 0.3 is 0 Å². The van der Waals surface area contributed by atoms with E-state index in [9.17, 15) is 10.1 Å². The number of amides is 1. The predicted molar refractivity (Wildman–Crippen MR) is 186 cm³/mol. The number of pyridine rings is 1. The van der Waals surface area contributed by atoms with Crippen molar-refractivity contribution in [3.05, 3.63) is 111 Å². The number of nitrogens with one attached hydrogen (secondary N) is 1. The highest BCUT2D eigenvalue weighted by Gasteiger charge is 2.18. The van der Waals surface area contributed by atoms with E-state index in [1.807, 2.05) is 50.2 Å². The highest BCUT2D eigenvalue weighted by Crippen LogP contribution is 2.36. The van der Waals surface area contributed by atoms with Crippen molar-refractivity contribution in [2.24, 2.45) is 0 Å². The predicted octanol–water partition coefficient (Wildman–Crippen LogP) is 7.48. The summed E-state index contributed by atoms with van der Waals surface area (Å²) in [5, 5.41) is 19.6. The number of rotatable bonds is 11. The third-order valence-corrected chi connectivity index (χ3v) is 8.61. The molecule has 4 aromatic rings. The quantitative estimate of drug-likeness (QED) is 0.158. The fourth-order valence-corrected chi connectivity index (χ4v) is 6.05. The Bertz CT molecular complexity index is 1760. The van der Waals surface area contributed by atoms with Gasteiger partial charge in [0.2, 0.25) is 0 Å². The summed E-state index contributed by atoms with van der Waals surface area (Å²) >= 11 is 6.82. The molecule has 10 heteroatoms. The van der Waals surface area contributed by atoms with E-state index in [1.54, 1.807) is 12.3 Å². The van der Waals surface area contributed by atoms with Crippen molar-refractivity contribution in [1.82, 2.24) is 15.2 Å². The number of nitriles is 1. The molecule has 0 radical (unpaired) electrons. The number of likely N-dealkylation sites (tertiary alicyclic amines) is 1. The minimum absolute atomic E-state index is 0.0700. The molecule has 1 saturated heterocycles. The normalized spacial score (nSPS) is 12.6. The van der Waals surface area contributed by atoms with Crippen molar-refractivity contribution in [2.45, 2.75) is 59.8 Å². The van der Waals surface area contributed by atoms with Crippen LogP contribution in [0.1, 0.15) is 69.9 Å². The number of hydrogen-bond acceptors (Lipinski definition) is 7. The van der Waals surface area contributed by atoms with Gasteiger partial charge in [-0.05, 0) is 92.7 Å². The lowest BCUT2D eigenvalue weighted by molar-refractivity contribution is -0.122. The molecule has 1 fully saturated rings. The molecule has 1 aromatic heterocycles. The minimum atomic E-state index is -0.250.